The maximum Gasteiger partial charge on any atom is 0.313 e. The van der Waals surface area contributed by atoms with E-state index in [0.29, 0.717) is 12.2 Å². The van der Waals surface area contributed by atoms with E-state index in [4.69, 9.17) is 4.74 Å². The Hall–Kier alpha value is -1.40. The maximum atomic E-state index is 11.8. The van der Waals surface area contributed by atoms with Crippen molar-refractivity contribution < 1.29 is 14.3 Å². The molecule has 1 aromatic rings. The van der Waals surface area contributed by atoms with Gasteiger partial charge >= 0.3 is 11.8 Å². The first kappa shape index (κ1) is 15.0. The smallest absolute Gasteiger partial charge is 0.313 e. The fraction of sp³-hybridized carbons (Fsp3) is 0.429. The summed E-state index contributed by atoms with van der Waals surface area (Å²) in [4.78, 5) is 23.5. The predicted octanol–water partition coefficient (Wildman–Crippen LogP) is 1.99. The first-order valence-electron chi connectivity index (χ1n) is 6.53. The van der Waals surface area contributed by atoms with Crippen LogP contribution in [0.2, 0.25) is 0 Å². The Morgan fingerprint density at radius 3 is 2.85 bits per heavy atom. The topological polar surface area (TPSA) is 67.4 Å². The van der Waals surface area contributed by atoms with E-state index in [1.807, 2.05) is 19.1 Å². The van der Waals surface area contributed by atoms with E-state index in [1.165, 1.54) is 0 Å². The number of anilines is 1. The number of nitrogens with one attached hydrogen (secondary N) is 2. The van der Waals surface area contributed by atoms with Gasteiger partial charge in [-0.3, -0.25) is 9.59 Å². The number of rotatable bonds is 3. The van der Waals surface area contributed by atoms with Gasteiger partial charge in [0.2, 0.25) is 0 Å². The average molecular weight is 341 g/mol. The minimum absolute atomic E-state index is 0.0289. The molecular weight excluding hydrogens is 324 g/mol. The fourth-order valence-electron chi connectivity index (χ4n) is 2.04. The second-order valence-corrected chi connectivity index (χ2v) is 5.67. The highest BCUT2D eigenvalue weighted by atomic mass is 79.9. The van der Waals surface area contributed by atoms with Gasteiger partial charge in [-0.25, -0.2) is 0 Å². The summed E-state index contributed by atoms with van der Waals surface area (Å²) in [5, 5.41) is 5.19. The molecule has 1 heterocycles. The Morgan fingerprint density at radius 1 is 1.40 bits per heavy atom. The number of carbonyl (C=O) groups excluding carboxylic acids is 2. The van der Waals surface area contributed by atoms with Crippen LogP contribution in [-0.4, -0.2) is 31.1 Å². The van der Waals surface area contributed by atoms with Crippen molar-refractivity contribution in [2.75, 3.05) is 18.5 Å². The molecule has 108 valence electrons. The van der Waals surface area contributed by atoms with Crippen LogP contribution in [0.3, 0.4) is 0 Å². The quantitative estimate of drug-likeness (QED) is 0.827. The van der Waals surface area contributed by atoms with Gasteiger partial charge in [-0.15, -0.1) is 0 Å². The summed E-state index contributed by atoms with van der Waals surface area (Å²) >= 11 is 3.35. The van der Waals surface area contributed by atoms with Crippen molar-refractivity contribution in [3.05, 3.63) is 28.2 Å². The Bertz CT molecular complexity index is 513. The zero-order valence-corrected chi connectivity index (χ0v) is 12.8. The van der Waals surface area contributed by atoms with Crippen LogP contribution >= 0.6 is 15.9 Å². The van der Waals surface area contributed by atoms with E-state index in [2.05, 4.69) is 26.6 Å². The van der Waals surface area contributed by atoms with Gasteiger partial charge in [-0.2, -0.15) is 0 Å². The van der Waals surface area contributed by atoms with Gasteiger partial charge < -0.3 is 15.4 Å². The van der Waals surface area contributed by atoms with Crippen molar-refractivity contribution in [2.45, 2.75) is 25.9 Å². The average Bonchev–Trinajstić information content (AvgIpc) is 2.92. The lowest BCUT2D eigenvalue weighted by Crippen LogP contribution is -2.39. The Kier molecular flexibility index (Phi) is 5.14. The zero-order valence-electron chi connectivity index (χ0n) is 11.2. The minimum Gasteiger partial charge on any atom is -0.376 e. The molecule has 0 bridgehead atoms. The third kappa shape index (κ3) is 4.05. The van der Waals surface area contributed by atoms with Crippen molar-refractivity contribution >= 4 is 33.4 Å². The van der Waals surface area contributed by atoms with Crippen LogP contribution < -0.4 is 10.6 Å². The summed E-state index contributed by atoms with van der Waals surface area (Å²) < 4.78 is 6.31. The summed E-state index contributed by atoms with van der Waals surface area (Å²) in [7, 11) is 0. The molecule has 5 nitrogen and oxygen atoms in total. The third-order valence-electron chi connectivity index (χ3n) is 3.16. The second kappa shape index (κ2) is 6.85. The summed E-state index contributed by atoms with van der Waals surface area (Å²) in [5.41, 5.74) is 1.52. The molecule has 0 aliphatic carbocycles. The number of ether oxygens (including phenoxy) is 1. The number of aryl methyl sites for hydroxylation is 1. The molecule has 20 heavy (non-hydrogen) atoms. The number of carbonyl (C=O) groups is 2. The molecule has 1 fully saturated rings. The van der Waals surface area contributed by atoms with E-state index < -0.39 is 11.8 Å². The van der Waals surface area contributed by atoms with Crippen molar-refractivity contribution in [2.24, 2.45) is 0 Å². The van der Waals surface area contributed by atoms with Crippen LogP contribution in [-0.2, 0) is 14.3 Å². The van der Waals surface area contributed by atoms with Crippen molar-refractivity contribution in [3.63, 3.8) is 0 Å². The minimum atomic E-state index is -0.659. The Labute approximate surface area is 126 Å². The first-order valence-corrected chi connectivity index (χ1v) is 7.32. The molecule has 2 rings (SSSR count). The third-order valence-corrected chi connectivity index (χ3v) is 3.65. The zero-order chi connectivity index (χ0) is 14.5. The Balaban J connectivity index is 1.85. The van der Waals surface area contributed by atoms with Gasteiger partial charge in [0.1, 0.15) is 0 Å². The highest BCUT2D eigenvalue weighted by Gasteiger charge is 2.19. The summed E-state index contributed by atoms with van der Waals surface area (Å²) in [6.45, 7) is 2.97. The monoisotopic (exact) mass is 340 g/mol. The first-order chi connectivity index (χ1) is 9.56. The molecule has 1 unspecified atom stereocenters. The van der Waals surface area contributed by atoms with Crippen molar-refractivity contribution in [1.82, 2.24) is 5.32 Å². The van der Waals surface area contributed by atoms with Crippen LogP contribution in [0.15, 0.2) is 22.7 Å². The lowest BCUT2D eigenvalue weighted by molar-refractivity contribution is -0.136. The Morgan fingerprint density at radius 2 is 2.20 bits per heavy atom. The maximum absolute atomic E-state index is 11.8. The molecule has 2 amide bonds. The van der Waals surface area contributed by atoms with Crippen LogP contribution in [0, 0.1) is 6.92 Å². The van der Waals surface area contributed by atoms with E-state index in [0.717, 1.165) is 29.5 Å². The summed E-state index contributed by atoms with van der Waals surface area (Å²) in [6, 6.07) is 5.44. The number of amides is 2. The molecule has 1 aliphatic heterocycles. The van der Waals surface area contributed by atoms with E-state index in [1.54, 1.807) is 6.07 Å². The predicted molar refractivity (Wildman–Crippen MR) is 79.5 cm³/mol. The highest BCUT2D eigenvalue weighted by molar-refractivity contribution is 9.10. The normalized spacial score (nSPS) is 17.8. The number of hydrogen-bond donors (Lipinski definition) is 2. The molecule has 1 atom stereocenters. The SMILES string of the molecule is Cc1cc(Br)ccc1NC(=O)C(=O)NCC1CCCO1. The number of halogens is 1. The van der Waals surface area contributed by atoms with Crippen molar-refractivity contribution in [1.29, 1.82) is 0 Å². The molecule has 1 saturated heterocycles. The van der Waals surface area contributed by atoms with E-state index >= 15 is 0 Å². The van der Waals surface area contributed by atoms with Crippen LogP contribution in [0.5, 0.6) is 0 Å². The number of benzene rings is 1. The lowest BCUT2D eigenvalue weighted by atomic mass is 10.2. The summed E-state index contributed by atoms with van der Waals surface area (Å²) in [5.74, 6) is -1.30. The molecule has 0 radical (unpaired) electrons. The largest absolute Gasteiger partial charge is 0.376 e. The van der Waals surface area contributed by atoms with Crippen LogP contribution in [0.1, 0.15) is 18.4 Å². The second-order valence-electron chi connectivity index (χ2n) is 4.76. The van der Waals surface area contributed by atoms with Crippen molar-refractivity contribution in [3.8, 4) is 0 Å². The summed E-state index contributed by atoms with van der Waals surface area (Å²) in [6.07, 6.45) is 1.96. The van der Waals surface area contributed by atoms with Gasteiger partial charge in [-0.05, 0) is 43.5 Å². The lowest BCUT2D eigenvalue weighted by Gasteiger charge is -2.11. The molecule has 0 aromatic heterocycles. The van der Waals surface area contributed by atoms with Gasteiger partial charge in [0.25, 0.3) is 0 Å². The molecule has 1 aliphatic rings. The van der Waals surface area contributed by atoms with Gasteiger partial charge in [0, 0.05) is 23.3 Å². The van der Waals surface area contributed by atoms with Gasteiger partial charge in [0.15, 0.2) is 0 Å². The highest BCUT2D eigenvalue weighted by Crippen LogP contribution is 2.19. The molecule has 1 aromatic carbocycles. The van der Waals surface area contributed by atoms with Crippen LogP contribution in [0.25, 0.3) is 0 Å². The molecule has 6 heteroatoms. The van der Waals surface area contributed by atoms with E-state index in [9.17, 15) is 9.59 Å². The van der Waals surface area contributed by atoms with Gasteiger partial charge in [0.05, 0.1) is 6.10 Å². The van der Waals surface area contributed by atoms with Crippen LogP contribution in [0.4, 0.5) is 5.69 Å². The molecule has 0 saturated carbocycles. The standard InChI is InChI=1S/C14H17BrN2O3/c1-9-7-10(15)4-5-12(9)17-14(19)13(18)16-8-11-3-2-6-20-11/h4-5,7,11H,2-3,6,8H2,1H3,(H,16,18)(H,17,19). The fourth-order valence-corrected chi connectivity index (χ4v) is 2.51. The van der Waals surface area contributed by atoms with E-state index in [-0.39, 0.29) is 6.10 Å². The number of hydrogen-bond acceptors (Lipinski definition) is 3. The van der Waals surface area contributed by atoms with Gasteiger partial charge in [-0.1, -0.05) is 15.9 Å². The molecular formula is C14H17BrN2O3. The molecule has 0 spiro atoms. The molecule has 2 N–H and O–H groups in total.